The number of amides is 1. The number of likely N-dealkylation sites (tertiary alicyclic amines) is 1. The van der Waals surface area contributed by atoms with E-state index in [-0.39, 0.29) is 5.91 Å². The van der Waals surface area contributed by atoms with E-state index in [2.05, 4.69) is 0 Å². The van der Waals surface area contributed by atoms with Gasteiger partial charge >= 0.3 is 7.60 Å². The van der Waals surface area contributed by atoms with Gasteiger partial charge in [0.25, 0.3) is 0 Å². The maximum Gasteiger partial charge on any atom is 0.453 e. The fourth-order valence-electron chi connectivity index (χ4n) is 3.90. The van der Waals surface area contributed by atoms with Crippen molar-refractivity contribution in [3.63, 3.8) is 0 Å². The van der Waals surface area contributed by atoms with E-state index in [9.17, 15) is 9.36 Å². The predicted molar refractivity (Wildman–Crippen MR) is 125 cm³/mol. The SMILES string of the molecule is N[C@@H](Cc1ccccc1)C(=O)N1CCCC1P(=O)(Oc1ccccc1)Oc1ccccc1. The Morgan fingerprint density at radius 1 is 0.906 bits per heavy atom. The first-order chi connectivity index (χ1) is 15.5. The fraction of sp³-hybridized carbons (Fsp3) is 0.240. The molecule has 3 aromatic carbocycles. The summed E-state index contributed by atoms with van der Waals surface area (Å²) in [5.74, 6) is -0.0959. The van der Waals surface area contributed by atoms with Crippen LogP contribution in [-0.4, -0.2) is 29.2 Å². The van der Waals surface area contributed by atoms with Crippen molar-refractivity contribution in [1.29, 1.82) is 0 Å². The van der Waals surface area contributed by atoms with Crippen LogP contribution >= 0.6 is 7.60 Å². The van der Waals surface area contributed by atoms with Gasteiger partial charge in [0.05, 0.1) is 6.04 Å². The molecule has 1 aliphatic heterocycles. The number of para-hydroxylation sites is 2. The van der Waals surface area contributed by atoms with Crippen molar-refractivity contribution in [2.75, 3.05) is 6.54 Å². The molecule has 7 heteroatoms. The molecule has 1 saturated heterocycles. The summed E-state index contributed by atoms with van der Waals surface area (Å²) in [7, 11) is -3.79. The maximum absolute atomic E-state index is 14.2. The molecule has 0 saturated carbocycles. The lowest BCUT2D eigenvalue weighted by molar-refractivity contribution is -0.132. The summed E-state index contributed by atoms with van der Waals surface area (Å²) in [5.41, 5.74) is 7.26. The van der Waals surface area contributed by atoms with Crippen LogP contribution < -0.4 is 14.8 Å². The summed E-state index contributed by atoms with van der Waals surface area (Å²) in [6.45, 7) is 0.465. The molecule has 1 fully saturated rings. The van der Waals surface area contributed by atoms with Gasteiger partial charge in [-0.25, -0.2) is 4.57 Å². The normalized spacial score (nSPS) is 17.0. The number of hydrogen-bond donors (Lipinski definition) is 1. The van der Waals surface area contributed by atoms with E-state index in [4.69, 9.17) is 14.8 Å². The van der Waals surface area contributed by atoms with Crippen LogP contribution in [0.1, 0.15) is 18.4 Å². The average molecular weight is 450 g/mol. The third-order valence-electron chi connectivity index (χ3n) is 5.44. The first kappa shape index (κ1) is 22.1. The Morgan fingerprint density at radius 2 is 1.41 bits per heavy atom. The highest BCUT2D eigenvalue weighted by atomic mass is 31.2. The maximum atomic E-state index is 14.2. The molecule has 3 aromatic rings. The molecular weight excluding hydrogens is 423 g/mol. The molecule has 0 radical (unpaired) electrons. The topological polar surface area (TPSA) is 81.9 Å². The van der Waals surface area contributed by atoms with Crippen molar-refractivity contribution in [3.8, 4) is 11.5 Å². The molecule has 32 heavy (non-hydrogen) atoms. The Kier molecular flexibility index (Phi) is 6.93. The Labute approximate surface area is 188 Å². The zero-order chi connectivity index (χ0) is 22.4. The van der Waals surface area contributed by atoms with Crippen molar-refractivity contribution in [1.82, 2.24) is 4.90 Å². The third-order valence-corrected chi connectivity index (χ3v) is 7.63. The number of carbonyl (C=O) groups is 1. The van der Waals surface area contributed by atoms with Crippen LogP contribution in [-0.2, 0) is 15.8 Å². The van der Waals surface area contributed by atoms with Gasteiger partial charge in [0.1, 0.15) is 11.5 Å². The molecule has 4 rings (SSSR count). The van der Waals surface area contributed by atoms with Gasteiger partial charge < -0.3 is 19.7 Å². The summed E-state index contributed by atoms with van der Waals surface area (Å²) in [6, 6.07) is 26.7. The van der Waals surface area contributed by atoms with Gasteiger partial charge in [-0.1, -0.05) is 66.7 Å². The second-order valence-electron chi connectivity index (χ2n) is 7.80. The minimum atomic E-state index is -3.79. The molecule has 1 unspecified atom stereocenters. The molecule has 2 N–H and O–H groups in total. The van der Waals surface area contributed by atoms with Crippen LogP contribution in [0.4, 0.5) is 0 Å². The molecule has 1 heterocycles. The predicted octanol–water partition coefficient (Wildman–Crippen LogP) is 4.86. The Morgan fingerprint density at radius 3 is 1.94 bits per heavy atom. The summed E-state index contributed by atoms with van der Waals surface area (Å²) >= 11 is 0. The van der Waals surface area contributed by atoms with E-state index in [1.165, 1.54) is 0 Å². The lowest BCUT2D eigenvalue weighted by Gasteiger charge is -2.32. The van der Waals surface area contributed by atoms with E-state index in [0.717, 1.165) is 5.56 Å². The number of benzene rings is 3. The second kappa shape index (κ2) is 10.0. The zero-order valence-electron chi connectivity index (χ0n) is 17.7. The van der Waals surface area contributed by atoms with Crippen molar-refractivity contribution in [2.45, 2.75) is 31.1 Å². The number of hydrogen-bond acceptors (Lipinski definition) is 5. The molecule has 6 nitrogen and oxygen atoms in total. The number of carbonyl (C=O) groups excluding carboxylic acids is 1. The highest BCUT2D eigenvalue weighted by Crippen LogP contribution is 2.57. The number of nitrogens with zero attached hydrogens (tertiary/aromatic N) is 1. The molecule has 166 valence electrons. The molecule has 1 aliphatic rings. The van der Waals surface area contributed by atoms with Crippen molar-refractivity contribution >= 4 is 13.5 Å². The molecule has 0 spiro atoms. The van der Waals surface area contributed by atoms with Crippen LogP contribution in [0.2, 0.25) is 0 Å². The smallest absolute Gasteiger partial charge is 0.415 e. The zero-order valence-corrected chi connectivity index (χ0v) is 18.6. The van der Waals surface area contributed by atoms with Crippen LogP contribution in [0, 0.1) is 0 Å². The lowest BCUT2D eigenvalue weighted by Crippen LogP contribution is -2.47. The molecule has 0 aliphatic carbocycles. The largest absolute Gasteiger partial charge is 0.453 e. The van der Waals surface area contributed by atoms with E-state index in [0.29, 0.717) is 37.3 Å². The van der Waals surface area contributed by atoms with Gasteiger partial charge in [-0.15, -0.1) is 0 Å². The van der Waals surface area contributed by atoms with E-state index in [1.54, 1.807) is 53.4 Å². The van der Waals surface area contributed by atoms with Gasteiger partial charge in [0.2, 0.25) is 5.91 Å². The minimum Gasteiger partial charge on any atom is -0.415 e. The van der Waals surface area contributed by atoms with Crippen molar-refractivity contribution in [3.05, 3.63) is 96.6 Å². The summed E-state index contributed by atoms with van der Waals surface area (Å²) in [6.07, 6.45) is 1.63. The fourth-order valence-corrected chi connectivity index (χ4v) is 6.08. The van der Waals surface area contributed by atoms with E-state index < -0.39 is 19.4 Å². The van der Waals surface area contributed by atoms with Gasteiger partial charge in [-0.3, -0.25) is 4.79 Å². The first-order valence-electron chi connectivity index (χ1n) is 10.7. The molecule has 0 bridgehead atoms. The average Bonchev–Trinajstić information content (AvgIpc) is 3.31. The number of rotatable bonds is 8. The monoisotopic (exact) mass is 450 g/mol. The second-order valence-corrected chi connectivity index (χ2v) is 9.84. The van der Waals surface area contributed by atoms with E-state index >= 15 is 0 Å². The van der Waals surface area contributed by atoms with Gasteiger partial charge in [-0.2, -0.15) is 0 Å². The van der Waals surface area contributed by atoms with Crippen LogP contribution in [0.3, 0.4) is 0 Å². The Hall–Kier alpha value is -3.08. The van der Waals surface area contributed by atoms with Crippen LogP contribution in [0.5, 0.6) is 11.5 Å². The van der Waals surface area contributed by atoms with Gasteiger partial charge in [-0.05, 0) is 49.1 Å². The standard InChI is InChI=1S/C25H27N2O4P/c26-23(19-20-11-4-1-5-12-20)25(28)27-18-10-17-24(27)32(29,30-21-13-6-2-7-14-21)31-22-15-8-3-9-16-22/h1-9,11-16,23-24H,10,17-19,26H2/t23-,24?/m0/s1. The van der Waals surface area contributed by atoms with Gasteiger partial charge in [0.15, 0.2) is 5.78 Å². The van der Waals surface area contributed by atoms with Crippen molar-refractivity contribution < 1.29 is 18.4 Å². The van der Waals surface area contributed by atoms with E-state index in [1.807, 2.05) is 42.5 Å². The quantitative estimate of drug-likeness (QED) is 0.496. The van der Waals surface area contributed by atoms with Crippen molar-refractivity contribution in [2.24, 2.45) is 5.73 Å². The van der Waals surface area contributed by atoms with Crippen LogP contribution in [0.25, 0.3) is 0 Å². The lowest BCUT2D eigenvalue weighted by atomic mass is 10.1. The molecule has 1 amide bonds. The third kappa shape index (κ3) is 5.21. The first-order valence-corrected chi connectivity index (χ1v) is 12.4. The molecule has 0 aromatic heterocycles. The molecular formula is C25H27N2O4P. The minimum absolute atomic E-state index is 0.245. The highest BCUT2D eigenvalue weighted by molar-refractivity contribution is 7.55. The summed E-state index contributed by atoms with van der Waals surface area (Å²) in [4.78, 5) is 14.9. The highest BCUT2D eigenvalue weighted by Gasteiger charge is 2.48. The summed E-state index contributed by atoms with van der Waals surface area (Å²) < 4.78 is 26.1. The Balaban J connectivity index is 1.59. The molecule has 2 atom stereocenters. The summed E-state index contributed by atoms with van der Waals surface area (Å²) in [5, 5.41) is 0. The van der Waals surface area contributed by atoms with Crippen LogP contribution in [0.15, 0.2) is 91.0 Å². The van der Waals surface area contributed by atoms with Gasteiger partial charge in [0, 0.05) is 6.54 Å². The number of nitrogens with two attached hydrogens (primary N) is 1. The Bertz CT molecular complexity index is 1020.